The molecule has 1 amide bonds. The summed E-state index contributed by atoms with van der Waals surface area (Å²) in [7, 11) is 0. The van der Waals surface area contributed by atoms with Crippen LogP contribution in [0.1, 0.15) is 51.3 Å². The molecule has 2 aromatic heterocycles. The molecule has 0 atom stereocenters. The van der Waals surface area contributed by atoms with Crippen LogP contribution in [-0.4, -0.2) is 15.5 Å². The highest BCUT2D eigenvalue weighted by atomic mass is 19.1. The largest absolute Gasteiger partial charge is 0.347 e. The molecule has 5 heteroatoms. The fourth-order valence-corrected chi connectivity index (χ4v) is 4.13. The SMILES string of the molecule is Cc1c2c(n(Cc3cccc(F)c3)c1C(=O)NCc1cccnc1)CCCC2. The second-order valence-electron chi connectivity index (χ2n) is 7.37. The molecule has 1 N–H and O–H groups in total. The molecule has 0 saturated heterocycles. The van der Waals surface area contributed by atoms with Gasteiger partial charge in [0.15, 0.2) is 0 Å². The van der Waals surface area contributed by atoms with Gasteiger partial charge in [-0.05, 0) is 73.1 Å². The number of fused-ring (bicyclic) bond motifs is 1. The number of nitrogens with one attached hydrogen (secondary N) is 1. The van der Waals surface area contributed by atoms with Crippen molar-refractivity contribution in [2.75, 3.05) is 0 Å². The number of hydrogen-bond acceptors (Lipinski definition) is 2. The Balaban J connectivity index is 1.67. The number of carbonyl (C=O) groups excluding carboxylic acids is 1. The van der Waals surface area contributed by atoms with Crippen molar-refractivity contribution in [3.63, 3.8) is 0 Å². The number of hydrogen-bond donors (Lipinski definition) is 1. The Kier molecular flexibility index (Phi) is 5.24. The highest BCUT2D eigenvalue weighted by molar-refractivity contribution is 5.95. The summed E-state index contributed by atoms with van der Waals surface area (Å²) in [5, 5.41) is 3.03. The van der Waals surface area contributed by atoms with E-state index < -0.39 is 0 Å². The van der Waals surface area contributed by atoms with Gasteiger partial charge in [0.2, 0.25) is 0 Å². The molecular formula is C23H24FN3O. The zero-order valence-electron chi connectivity index (χ0n) is 16.0. The fraction of sp³-hybridized carbons (Fsp3) is 0.304. The molecule has 0 bridgehead atoms. The summed E-state index contributed by atoms with van der Waals surface area (Å²) in [6, 6.07) is 10.4. The second kappa shape index (κ2) is 7.97. The molecule has 4 nitrogen and oxygen atoms in total. The van der Waals surface area contributed by atoms with E-state index in [2.05, 4.69) is 14.9 Å². The Labute approximate surface area is 164 Å². The first-order valence-corrected chi connectivity index (χ1v) is 9.76. The highest BCUT2D eigenvalue weighted by Gasteiger charge is 2.26. The van der Waals surface area contributed by atoms with Crippen molar-refractivity contribution in [1.82, 2.24) is 14.9 Å². The first-order valence-electron chi connectivity index (χ1n) is 9.76. The van der Waals surface area contributed by atoms with E-state index >= 15 is 0 Å². The Bertz CT molecular complexity index is 995. The standard InChI is InChI=1S/C23H24FN3O/c1-16-20-9-2-3-10-21(20)27(15-17-6-4-8-19(24)12-17)22(16)23(28)26-14-18-7-5-11-25-13-18/h4-8,11-13H,2-3,9-10,14-15H2,1H3,(H,26,28). The number of rotatable bonds is 5. The maximum Gasteiger partial charge on any atom is 0.268 e. The zero-order valence-corrected chi connectivity index (χ0v) is 16.0. The summed E-state index contributed by atoms with van der Waals surface area (Å²) in [5.74, 6) is -0.343. The molecule has 0 aliphatic heterocycles. The normalized spacial score (nSPS) is 13.2. The Morgan fingerprint density at radius 3 is 2.79 bits per heavy atom. The molecule has 0 unspecified atom stereocenters. The molecule has 0 radical (unpaired) electrons. The molecule has 3 aromatic rings. The molecule has 4 rings (SSSR count). The first kappa shape index (κ1) is 18.4. The van der Waals surface area contributed by atoms with Crippen molar-refractivity contribution in [3.8, 4) is 0 Å². The number of halogens is 1. The molecule has 1 aliphatic carbocycles. The van der Waals surface area contributed by atoms with Crippen molar-refractivity contribution in [2.24, 2.45) is 0 Å². The van der Waals surface area contributed by atoms with Crippen LogP contribution >= 0.6 is 0 Å². The van der Waals surface area contributed by atoms with E-state index in [-0.39, 0.29) is 11.7 Å². The van der Waals surface area contributed by atoms with Crippen LogP contribution in [0.25, 0.3) is 0 Å². The smallest absolute Gasteiger partial charge is 0.268 e. The zero-order chi connectivity index (χ0) is 19.5. The fourth-order valence-electron chi connectivity index (χ4n) is 4.13. The summed E-state index contributed by atoms with van der Waals surface area (Å²) >= 11 is 0. The molecular weight excluding hydrogens is 353 g/mol. The lowest BCUT2D eigenvalue weighted by Crippen LogP contribution is -2.27. The minimum absolute atomic E-state index is 0.0906. The van der Waals surface area contributed by atoms with Gasteiger partial charge in [0.1, 0.15) is 11.5 Å². The number of nitrogens with zero attached hydrogens (tertiary/aromatic N) is 2. The molecule has 0 saturated carbocycles. The van der Waals surface area contributed by atoms with Crippen molar-refractivity contribution in [3.05, 3.63) is 88.3 Å². The molecule has 28 heavy (non-hydrogen) atoms. The Morgan fingerprint density at radius 2 is 2.00 bits per heavy atom. The molecule has 1 aromatic carbocycles. The van der Waals surface area contributed by atoms with Gasteiger partial charge in [-0.25, -0.2) is 4.39 Å². The van der Waals surface area contributed by atoms with E-state index in [1.54, 1.807) is 24.5 Å². The third-order valence-electron chi connectivity index (χ3n) is 5.46. The Morgan fingerprint density at radius 1 is 1.18 bits per heavy atom. The monoisotopic (exact) mass is 377 g/mol. The summed E-state index contributed by atoms with van der Waals surface area (Å²) in [6.45, 7) is 2.97. The lowest BCUT2D eigenvalue weighted by Gasteiger charge is -2.17. The van der Waals surface area contributed by atoms with Crippen molar-refractivity contribution < 1.29 is 9.18 Å². The number of carbonyl (C=O) groups is 1. The number of amides is 1. The summed E-state index contributed by atoms with van der Waals surface area (Å²) in [6.07, 6.45) is 7.70. The molecule has 0 spiro atoms. The van der Waals surface area contributed by atoms with Gasteiger partial charge in [0.05, 0.1) is 0 Å². The van der Waals surface area contributed by atoms with Crippen molar-refractivity contribution >= 4 is 5.91 Å². The van der Waals surface area contributed by atoms with E-state index in [1.807, 2.05) is 25.1 Å². The van der Waals surface area contributed by atoms with Crippen LogP contribution in [0, 0.1) is 12.7 Å². The average molecular weight is 377 g/mol. The van der Waals surface area contributed by atoms with Gasteiger partial charge in [-0.1, -0.05) is 18.2 Å². The minimum Gasteiger partial charge on any atom is -0.347 e. The van der Waals surface area contributed by atoms with Crippen molar-refractivity contribution in [1.29, 1.82) is 0 Å². The maximum atomic E-state index is 13.7. The molecule has 0 fully saturated rings. The van der Waals surface area contributed by atoms with Gasteiger partial charge >= 0.3 is 0 Å². The van der Waals surface area contributed by atoms with Crippen LogP contribution in [0.3, 0.4) is 0 Å². The van der Waals surface area contributed by atoms with Crippen LogP contribution in [-0.2, 0) is 25.9 Å². The highest BCUT2D eigenvalue weighted by Crippen LogP contribution is 2.30. The first-order chi connectivity index (χ1) is 13.6. The molecule has 1 aliphatic rings. The van der Waals surface area contributed by atoms with E-state index in [0.717, 1.165) is 42.4 Å². The van der Waals surface area contributed by atoms with E-state index in [1.165, 1.54) is 17.3 Å². The topological polar surface area (TPSA) is 46.9 Å². The van der Waals surface area contributed by atoms with Crippen molar-refractivity contribution in [2.45, 2.75) is 45.7 Å². The van der Waals surface area contributed by atoms with E-state index in [9.17, 15) is 9.18 Å². The summed E-state index contributed by atoms with van der Waals surface area (Å²) < 4.78 is 15.8. The summed E-state index contributed by atoms with van der Waals surface area (Å²) in [4.78, 5) is 17.2. The van der Waals surface area contributed by atoms with Gasteiger partial charge in [-0.3, -0.25) is 9.78 Å². The predicted octanol–water partition coefficient (Wildman–Crippen LogP) is 4.19. The minimum atomic E-state index is -0.252. The molecule has 2 heterocycles. The van der Waals surface area contributed by atoms with E-state index in [0.29, 0.717) is 18.8 Å². The average Bonchev–Trinajstić information content (AvgIpc) is 2.99. The number of aromatic nitrogens is 2. The van der Waals surface area contributed by atoms with Crippen LogP contribution in [0.5, 0.6) is 0 Å². The Hall–Kier alpha value is -2.95. The van der Waals surface area contributed by atoms with Crippen LogP contribution in [0.4, 0.5) is 4.39 Å². The third-order valence-corrected chi connectivity index (χ3v) is 5.46. The van der Waals surface area contributed by atoms with Gasteiger partial charge < -0.3 is 9.88 Å². The van der Waals surface area contributed by atoms with Gasteiger partial charge in [-0.15, -0.1) is 0 Å². The van der Waals surface area contributed by atoms with Crippen LogP contribution in [0.2, 0.25) is 0 Å². The van der Waals surface area contributed by atoms with E-state index in [4.69, 9.17) is 0 Å². The predicted molar refractivity (Wildman–Crippen MR) is 107 cm³/mol. The van der Waals surface area contributed by atoms with Crippen LogP contribution in [0.15, 0.2) is 48.8 Å². The van der Waals surface area contributed by atoms with Crippen LogP contribution < -0.4 is 5.32 Å². The van der Waals surface area contributed by atoms with Gasteiger partial charge in [0.25, 0.3) is 5.91 Å². The maximum absolute atomic E-state index is 13.7. The number of pyridine rings is 1. The molecule has 144 valence electrons. The van der Waals surface area contributed by atoms with Gasteiger partial charge in [-0.2, -0.15) is 0 Å². The summed E-state index contributed by atoms with van der Waals surface area (Å²) in [5.41, 5.74) is 6.08. The third kappa shape index (κ3) is 3.70. The second-order valence-corrected chi connectivity index (χ2v) is 7.37. The quantitative estimate of drug-likeness (QED) is 0.725. The lowest BCUT2D eigenvalue weighted by molar-refractivity contribution is 0.0941. The van der Waals surface area contributed by atoms with Gasteiger partial charge in [0, 0.05) is 31.2 Å². The lowest BCUT2D eigenvalue weighted by atomic mass is 9.95. The number of benzene rings is 1.